The van der Waals surface area contributed by atoms with Crippen molar-refractivity contribution in [3.8, 4) is 11.3 Å². The zero-order chi connectivity index (χ0) is 17.9. The number of hydrogen-bond acceptors (Lipinski definition) is 2. The summed E-state index contributed by atoms with van der Waals surface area (Å²) in [5.74, 6) is 0. The summed E-state index contributed by atoms with van der Waals surface area (Å²) in [6.45, 7) is 9.02. The maximum absolute atomic E-state index is 5.06. The summed E-state index contributed by atoms with van der Waals surface area (Å²) in [4.78, 5) is 0. The number of fused-ring (bicyclic) bond motifs is 1. The van der Waals surface area contributed by atoms with Crippen LogP contribution in [0.3, 0.4) is 0 Å². The van der Waals surface area contributed by atoms with Gasteiger partial charge in [-0.25, -0.2) is 0 Å². The Kier molecular flexibility index (Phi) is 4.89. The minimum atomic E-state index is 0.878. The number of nitrogens with zero attached hydrogens (tertiary/aromatic N) is 2. The van der Waals surface area contributed by atoms with E-state index in [1.54, 1.807) is 0 Å². The highest BCUT2D eigenvalue weighted by Gasteiger charge is 2.21. The van der Waals surface area contributed by atoms with Crippen LogP contribution in [0, 0.1) is 0 Å². The molecule has 26 heavy (non-hydrogen) atoms. The molecular formula is C23H27N3. The molecule has 1 N–H and O–H groups in total. The van der Waals surface area contributed by atoms with Crippen molar-refractivity contribution in [2.75, 3.05) is 13.1 Å². The van der Waals surface area contributed by atoms with E-state index in [0.717, 1.165) is 56.6 Å². The molecule has 0 fully saturated rings. The average Bonchev–Trinajstić information content (AvgIpc) is 2.83. The van der Waals surface area contributed by atoms with Crippen LogP contribution < -0.4 is 5.32 Å². The number of allylic oxidation sites excluding steroid dienone is 5. The van der Waals surface area contributed by atoms with Crippen molar-refractivity contribution in [2.45, 2.75) is 39.2 Å². The van der Waals surface area contributed by atoms with Crippen LogP contribution in [0.25, 0.3) is 16.8 Å². The molecule has 0 bridgehead atoms. The molecule has 0 saturated heterocycles. The molecule has 2 aliphatic rings. The minimum absolute atomic E-state index is 0.878. The van der Waals surface area contributed by atoms with Crippen LogP contribution in [-0.4, -0.2) is 22.9 Å². The molecule has 4 rings (SSSR count). The molecule has 2 heterocycles. The van der Waals surface area contributed by atoms with Crippen LogP contribution in [-0.2, 0) is 19.4 Å². The topological polar surface area (TPSA) is 29.9 Å². The van der Waals surface area contributed by atoms with Gasteiger partial charge in [-0.15, -0.1) is 0 Å². The van der Waals surface area contributed by atoms with Crippen molar-refractivity contribution < 1.29 is 0 Å². The number of benzene rings is 1. The molecule has 2 aromatic rings. The standard InChI is InChI=1S/C23H27N3/c1-17(2)19-8-10-20(11-9-19)23-21-12-14-24-15-13-22(21)26(25-23)16-18-6-4-3-5-7-18/h4,6-11,24H,1,3,5,12-16H2,2H3. The monoisotopic (exact) mass is 345 g/mol. The first-order valence-corrected chi connectivity index (χ1v) is 9.63. The van der Waals surface area contributed by atoms with Crippen molar-refractivity contribution in [2.24, 2.45) is 0 Å². The van der Waals surface area contributed by atoms with Gasteiger partial charge in [-0.3, -0.25) is 4.68 Å². The van der Waals surface area contributed by atoms with Gasteiger partial charge < -0.3 is 5.32 Å². The van der Waals surface area contributed by atoms with Gasteiger partial charge in [0.1, 0.15) is 0 Å². The van der Waals surface area contributed by atoms with Gasteiger partial charge in [0.05, 0.1) is 12.2 Å². The third kappa shape index (κ3) is 3.45. The molecule has 0 amide bonds. The Balaban J connectivity index is 1.73. The van der Waals surface area contributed by atoms with E-state index >= 15 is 0 Å². The molecule has 3 nitrogen and oxygen atoms in total. The molecule has 1 aliphatic carbocycles. The highest BCUT2D eigenvalue weighted by Crippen LogP contribution is 2.29. The lowest BCUT2D eigenvalue weighted by Crippen LogP contribution is -2.17. The van der Waals surface area contributed by atoms with Gasteiger partial charge in [-0.1, -0.05) is 54.6 Å². The van der Waals surface area contributed by atoms with Crippen molar-refractivity contribution in [1.29, 1.82) is 0 Å². The van der Waals surface area contributed by atoms with Gasteiger partial charge in [-0.05, 0) is 43.9 Å². The van der Waals surface area contributed by atoms with Gasteiger partial charge in [-0.2, -0.15) is 5.10 Å². The second kappa shape index (κ2) is 7.46. The zero-order valence-electron chi connectivity index (χ0n) is 15.6. The van der Waals surface area contributed by atoms with E-state index in [1.165, 1.54) is 28.0 Å². The van der Waals surface area contributed by atoms with Gasteiger partial charge in [0.2, 0.25) is 0 Å². The maximum atomic E-state index is 5.06. The fourth-order valence-electron chi connectivity index (χ4n) is 3.85. The largest absolute Gasteiger partial charge is 0.316 e. The summed E-state index contributed by atoms with van der Waals surface area (Å²) in [6.07, 6.45) is 11.3. The van der Waals surface area contributed by atoms with E-state index in [-0.39, 0.29) is 0 Å². The quantitative estimate of drug-likeness (QED) is 0.881. The zero-order valence-corrected chi connectivity index (χ0v) is 15.6. The van der Waals surface area contributed by atoms with Crippen molar-refractivity contribution in [1.82, 2.24) is 15.1 Å². The lowest BCUT2D eigenvalue weighted by atomic mass is 10.00. The number of nitrogens with one attached hydrogen (secondary N) is 1. The van der Waals surface area contributed by atoms with E-state index < -0.39 is 0 Å². The summed E-state index contributed by atoms with van der Waals surface area (Å²) in [6, 6.07) is 8.69. The number of rotatable bonds is 4. The maximum Gasteiger partial charge on any atom is 0.0958 e. The molecule has 0 radical (unpaired) electrons. The normalized spacial score (nSPS) is 16.7. The highest BCUT2D eigenvalue weighted by atomic mass is 15.3. The Morgan fingerprint density at radius 2 is 1.96 bits per heavy atom. The molecular weight excluding hydrogens is 318 g/mol. The van der Waals surface area contributed by atoms with E-state index in [0.29, 0.717) is 0 Å². The fraction of sp³-hybridized carbons (Fsp3) is 0.348. The van der Waals surface area contributed by atoms with Crippen LogP contribution >= 0.6 is 0 Å². The average molecular weight is 345 g/mol. The van der Waals surface area contributed by atoms with Crippen LogP contribution in [0.15, 0.2) is 54.6 Å². The van der Waals surface area contributed by atoms with Gasteiger partial charge in [0.15, 0.2) is 0 Å². The van der Waals surface area contributed by atoms with Crippen LogP contribution in [0.1, 0.15) is 36.6 Å². The Morgan fingerprint density at radius 3 is 2.69 bits per heavy atom. The molecule has 1 aromatic heterocycles. The Hall–Kier alpha value is -2.39. The summed E-state index contributed by atoms with van der Waals surface area (Å²) in [5, 5.41) is 8.60. The van der Waals surface area contributed by atoms with Gasteiger partial charge in [0.25, 0.3) is 0 Å². The SMILES string of the molecule is C=C(C)c1ccc(-c2nn(CC3=CCCC=C3)c3c2CCNCC3)cc1. The van der Waals surface area contributed by atoms with Crippen molar-refractivity contribution >= 4 is 5.57 Å². The molecule has 0 atom stereocenters. The lowest BCUT2D eigenvalue weighted by Gasteiger charge is -2.10. The van der Waals surface area contributed by atoms with Crippen LogP contribution in [0.5, 0.6) is 0 Å². The van der Waals surface area contributed by atoms with Gasteiger partial charge in [0, 0.05) is 29.8 Å². The predicted molar refractivity (Wildman–Crippen MR) is 109 cm³/mol. The fourth-order valence-corrected chi connectivity index (χ4v) is 3.85. The molecule has 134 valence electrons. The van der Waals surface area contributed by atoms with Crippen LogP contribution in [0.2, 0.25) is 0 Å². The number of hydrogen-bond donors (Lipinski definition) is 1. The first-order valence-electron chi connectivity index (χ1n) is 9.63. The number of aromatic nitrogens is 2. The molecule has 0 unspecified atom stereocenters. The minimum Gasteiger partial charge on any atom is -0.316 e. The Bertz CT molecular complexity index is 866. The molecule has 1 aliphatic heterocycles. The highest BCUT2D eigenvalue weighted by molar-refractivity contribution is 5.69. The summed E-state index contributed by atoms with van der Waals surface area (Å²) >= 11 is 0. The van der Waals surface area contributed by atoms with E-state index in [2.05, 4.69) is 59.1 Å². The Morgan fingerprint density at radius 1 is 1.15 bits per heavy atom. The molecule has 0 spiro atoms. The summed E-state index contributed by atoms with van der Waals surface area (Å²) in [7, 11) is 0. The van der Waals surface area contributed by atoms with Gasteiger partial charge >= 0.3 is 0 Å². The molecule has 3 heteroatoms. The van der Waals surface area contributed by atoms with E-state index in [9.17, 15) is 0 Å². The first kappa shape index (κ1) is 17.0. The van der Waals surface area contributed by atoms with Crippen LogP contribution in [0.4, 0.5) is 0 Å². The van der Waals surface area contributed by atoms with E-state index in [1.807, 2.05) is 6.92 Å². The second-order valence-electron chi connectivity index (χ2n) is 7.30. The molecule has 1 aromatic carbocycles. The first-order chi connectivity index (χ1) is 12.7. The summed E-state index contributed by atoms with van der Waals surface area (Å²) < 4.78 is 2.24. The third-order valence-corrected chi connectivity index (χ3v) is 5.31. The Labute approximate surface area is 156 Å². The van der Waals surface area contributed by atoms with E-state index in [4.69, 9.17) is 5.10 Å². The second-order valence-corrected chi connectivity index (χ2v) is 7.30. The predicted octanol–water partition coefficient (Wildman–Crippen LogP) is 4.55. The third-order valence-electron chi connectivity index (χ3n) is 5.31. The van der Waals surface area contributed by atoms with Crippen molar-refractivity contribution in [3.63, 3.8) is 0 Å². The summed E-state index contributed by atoms with van der Waals surface area (Å²) in [5.41, 5.74) is 8.84. The smallest absolute Gasteiger partial charge is 0.0958 e. The molecule has 0 saturated carbocycles. The van der Waals surface area contributed by atoms with Crippen molar-refractivity contribution in [3.05, 3.63) is 71.5 Å². The lowest BCUT2D eigenvalue weighted by molar-refractivity contribution is 0.625.